The van der Waals surface area contributed by atoms with Gasteiger partial charge in [-0.05, 0) is 32.6 Å². The predicted octanol–water partition coefficient (Wildman–Crippen LogP) is 3.72. The summed E-state index contributed by atoms with van der Waals surface area (Å²) in [5.41, 5.74) is 1.18. The number of nitrogens with zero attached hydrogens (tertiary/aromatic N) is 3. The monoisotopic (exact) mass is 276 g/mol. The van der Waals surface area contributed by atoms with Gasteiger partial charge in [-0.2, -0.15) is 0 Å². The van der Waals surface area contributed by atoms with Crippen molar-refractivity contribution in [3.63, 3.8) is 0 Å². The fourth-order valence-electron chi connectivity index (χ4n) is 2.49. The van der Waals surface area contributed by atoms with E-state index >= 15 is 0 Å². The van der Waals surface area contributed by atoms with Gasteiger partial charge >= 0.3 is 0 Å². The van der Waals surface area contributed by atoms with Gasteiger partial charge in [0.2, 0.25) is 0 Å². The largest absolute Gasteiger partial charge is 0.370 e. The Balaban J connectivity index is 2.34. The van der Waals surface area contributed by atoms with E-state index < -0.39 is 0 Å². The Kier molecular flexibility index (Phi) is 4.84. The fourth-order valence-corrected chi connectivity index (χ4v) is 2.49. The summed E-state index contributed by atoms with van der Waals surface area (Å²) in [6.45, 7) is 9.58. The van der Waals surface area contributed by atoms with Crippen LogP contribution in [-0.2, 0) is 0 Å². The van der Waals surface area contributed by atoms with Crippen molar-refractivity contribution < 1.29 is 0 Å². The maximum atomic E-state index is 4.82. The van der Waals surface area contributed by atoms with Gasteiger partial charge in [-0.15, -0.1) is 0 Å². The van der Waals surface area contributed by atoms with Crippen molar-refractivity contribution in [2.75, 3.05) is 23.8 Å². The Hall–Kier alpha value is -1.32. The zero-order valence-corrected chi connectivity index (χ0v) is 13.5. The SMILES string of the molecule is CCCNc1nc(C(C)C)nc(N(C)C2CCC2)c1C. The molecule has 1 fully saturated rings. The van der Waals surface area contributed by atoms with E-state index in [9.17, 15) is 0 Å². The summed E-state index contributed by atoms with van der Waals surface area (Å²) in [5, 5.41) is 3.45. The van der Waals surface area contributed by atoms with E-state index in [-0.39, 0.29) is 0 Å². The van der Waals surface area contributed by atoms with E-state index in [2.05, 4.69) is 45.0 Å². The third kappa shape index (κ3) is 3.05. The summed E-state index contributed by atoms with van der Waals surface area (Å²) in [7, 11) is 2.17. The number of aromatic nitrogens is 2. The lowest BCUT2D eigenvalue weighted by Gasteiger charge is -2.36. The van der Waals surface area contributed by atoms with E-state index in [4.69, 9.17) is 9.97 Å². The number of hydrogen-bond acceptors (Lipinski definition) is 4. The molecular formula is C16H28N4. The van der Waals surface area contributed by atoms with Crippen molar-refractivity contribution in [2.45, 2.75) is 65.3 Å². The molecule has 4 nitrogen and oxygen atoms in total. The molecule has 1 N–H and O–H groups in total. The van der Waals surface area contributed by atoms with Gasteiger partial charge in [0.15, 0.2) is 0 Å². The predicted molar refractivity (Wildman–Crippen MR) is 85.7 cm³/mol. The van der Waals surface area contributed by atoms with Crippen molar-refractivity contribution in [2.24, 2.45) is 0 Å². The second-order valence-electron chi connectivity index (χ2n) is 6.16. The molecule has 0 amide bonds. The molecule has 0 radical (unpaired) electrons. The van der Waals surface area contributed by atoms with Crippen LogP contribution < -0.4 is 10.2 Å². The minimum absolute atomic E-state index is 0.353. The maximum absolute atomic E-state index is 4.82. The summed E-state index contributed by atoms with van der Waals surface area (Å²) in [4.78, 5) is 11.9. The summed E-state index contributed by atoms with van der Waals surface area (Å²) in [6.07, 6.45) is 5.02. The van der Waals surface area contributed by atoms with Crippen LogP contribution >= 0.6 is 0 Å². The van der Waals surface area contributed by atoms with Crippen LogP contribution in [0.1, 0.15) is 63.8 Å². The Labute approximate surface area is 123 Å². The van der Waals surface area contributed by atoms with Gasteiger partial charge in [0.05, 0.1) is 0 Å². The van der Waals surface area contributed by atoms with Gasteiger partial charge in [-0.3, -0.25) is 0 Å². The highest BCUT2D eigenvalue weighted by atomic mass is 15.2. The van der Waals surface area contributed by atoms with Crippen molar-refractivity contribution in [1.82, 2.24) is 9.97 Å². The zero-order chi connectivity index (χ0) is 14.7. The minimum Gasteiger partial charge on any atom is -0.370 e. The summed E-state index contributed by atoms with van der Waals surface area (Å²) in [6, 6.07) is 0.655. The van der Waals surface area contributed by atoms with Crippen molar-refractivity contribution in [1.29, 1.82) is 0 Å². The molecule has 0 spiro atoms. The average molecular weight is 276 g/mol. The Bertz CT molecular complexity index is 452. The molecule has 4 heteroatoms. The average Bonchev–Trinajstić information content (AvgIpc) is 2.35. The van der Waals surface area contributed by atoms with Gasteiger partial charge in [-0.1, -0.05) is 20.8 Å². The van der Waals surface area contributed by atoms with Crippen LogP contribution in [0.15, 0.2) is 0 Å². The molecule has 1 heterocycles. The molecule has 2 rings (SSSR count). The van der Waals surface area contributed by atoms with E-state index in [1.54, 1.807) is 0 Å². The first kappa shape index (κ1) is 15.1. The Morgan fingerprint density at radius 1 is 1.30 bits per heavy atom. The van der Waals surface area contributed by atoms with Gasteiger partial charge in [0, 0.05) is 31.1 Å². The molecule has 0 aromatic carbocycles. The van der Waals surface area contributed by atoms with Crippen molar-refractivity contribution in [3.8, 4) is 0 Å². The molecule has 0 bridgehead atoms. The first-order valence-electron chi connectivity index (χ1n) is 7.89. The standard InChI is InChI=1S/C16H28N4/c1-6-10-17-15-12(4)16(19-14(18-15)11(2)3)20(5)13-8-7-9-13/h11,13H,6-10H2,1-5H3,(H,17,18,19). The molecule has 0 unspecified atom stereocenters. The lowest BCUT2D eigenvalue weighted by atomic mass is 9.91. The van der Waals surface area contributed by atoms with Crippen molar-refractivity contribution >= 4 is 11.6 Å². The van der Waals surface area contributed by atoms with E-state index in [0.29, 0.717) is 12.0 Å². The molecule has 1 aliphatic carbocycles. The third-order valence-electron chi connectivity index (χ3n) is 4.15. The van der Waals surface area contributed by atoms with Crippen LogP contribution in [0.3, 0.4) is 0 Å². The molecule has 1 aromatic rings. The van der Waals surface area contributed by atoms with Gasteiger partial charge in [-0.25, -0.2) is 9.97 Å². The van der Waals surface area contributed by atoms with Crippen LogP contribution in [0.4, 0.5) is 11.6 Å². The van der Waals surface area contributed by atoms with Gasteiger partial charge in [0.25, 0.3) is 0 Å². The topological polar surface area (TPSA) is 41.1 Å². The van der Waals surface area contributed by atoms with Crippen LogP contribution in [0.2, 0.25) is 0 Å². The number of nitrogens with one attached hydrogen (secondary N) is 1. The molecule has 20 heavy (non-hydrogen) atoms. The van der Waals surface area contributed by atoms with E-state index in [1.165, 1.54) is 24.8 Å². The zero-order valence-electron chi connectivity index (χ0n) is 13.5. The molecule has 0 aliphatic heterocycles. The minimum atomic E-state index is 0.353. The highest BCUT2D eigenvalue weighted by Gasteiger charge is 2.25. The second kappa shape index (κ2) is 6.42. The van der Waals surface area contributed by atoms with Crippen LogP contribution in [-0.4, -0.2) is 29.6 Å². The first-order valence-corrected chi connectivity index (χ1v) is 7.89. The first-order chi connectivity index (χ1) is 9.54. The summed E-state index contributed by atoms with van der Waals surface area (Å²) in [5.74, 6) is 3.40. The normalized spacial score (nSPS) is 15.3. The lowest BCUT2D eigenvalue weighted by Crippen LogP contribution is -2.38. The quantitative estimate of drug-likeness (QED) is 0.859. The molecule has 0 atom stereocenters. The molecule has 1 saturated carbocycles. The van der Waals surface area contributed by atoms with Crippen molar-refractivity contribution in [3.05, 3.63) is 11.4 Å². The highest BCUT2D eigenvalue weighted by molar-refractivity contribution is 5.59. The van der Waals surface area contributed by atoms with Gasteiger partial charge in [0.1, 0.15) is 17.5 Å². The Morgan fingerprint density at radius 3 is 2.50 bits per heavy atom. The third-order valence-corrected chi connectivity index (χ3v) is 4.15. The van der Waals surface area contributed by atoms with E-state index in [1.807, 2.05) is 0 Å². The summed E-state index contributed by atoms with van der Waals surface area (Å²) < 4.78 is 0. The molecule has 112 valence electrons. The molecular weight excluding hydrogens is 248 g/mol. The molecule has 1 aromatic heterocycles. The molecule has 0 saturated heterocycles. The van der Waals surface area contributed by atoms with Crippen LogP contribution in [0.25, 0.3) is 0 Å². The molecule has 1 aliphatic rings. The highest BCUT2D eigenvalue weighted by Crippen LogP contribution is 2.32. The lowest BCUT2D eigenvalue weighted by molar-refractivity contribution is 0.398. The fraction of sp³-hybridized carbons (Fsp3) is 0.750. The van der Waals surface area contributed by atoms with Crippen LogP contribution in [0.5, 0.6) is 0 Å². The van der Waals surface area contributed by atoms with Gasteiger partial charge < -0.3 is 10.2 Å². The maximum Gasteiger partial charge on any atom is 0.137 e. The summed E-state index contributed by atoms with van der Waals surface area (Å²) >= 11 is 0. The number of rotatable bonds is 6. The Morgan fingerprint density at radius 2 is 2.00 bits per heavy atom. The number of hydrogen-bond donors (Lipinski definition) is 1. The number of anilines is 2. The smallest absolute Gasteiger partial charge is 0.137 e. The second-order valence-corrected chi connectivity index (χ2v) is 6.16. The van der Waals surface area contributed by atoms with Crippen LogP contribution in [0, 0.1) is 6.92 Å². The van der Waals surface area contributed by atoms with E-state index in [0.717, 1.165) is 30.4 Å².